The van der Waals surface area contributed by atoms with E-state index in [9.17, 15) is 15.0 Å². The van der Waals surface area contributed by atoms with Gasteiger partial charge in [0.15, 0.2) is 5.78 Å². The number of carbonyl (C=O) groups is 1. The number of aliphatic hydroxyl groups is 2. The molecule has 1 aromatic heterocycles. The monoisotopic (exact) mass is 405 g/mol. The third-order valence-electron chi connectivity index (χ3n) is 4.56. The Morgan fingerprint density at radius 1 is 1.17 bits per heavy atom. The molecule has 0 atom stereocenters. The topological polar surface area (TPSA) is 118 Å². The molecule has 0 bridgehead atoms. The van der Waals surface area contributed by atoms with Gasteiger partial charge < -0.3 is 26.0 Å². The van der Waals surface area contributed by atoms with Gasteiger partial charge >= 0.3 is 0 Å². The first-order chi connectivity index (χ1) is 14.5. The van der Waals surface area contributed by atoms with Crippen LogP contribution >= 0.6 is 0 Å². The molecule has 0 radical (unpaired) electrons. The predicted octanol–water partition coefficient (Wildman–Crippen LogP) is 3.30. The highest BCUT2D eigenvalue weighted by Gasteiger charge is 2.12. The lowest BCUT2D eigenvalue weighted by molar-refractivity contribution is 0.104. The molecule has 0 saturated carbocycles. The van der Waals surface area contributed by atoms with Crippen molar-refractivity contribution >= 4 is 29.1 Å². The second-order valence-electron chi connectivity index (χ2n) is 6.52. The number of nitrogens with two attached hydrogens (primary N) is 1. The van der Waals surface area contributed by atoms with Crippen molar-refractivity contribution in [3.05, 3.63) is 83.1 Å². The molecule has 0 saturated heterocycles. The zero-order valence-electron chi connectivity index (χ0n) is 16.5. The number of ether oxygens (including phenoxy) is 1. The van der Waals surface area contributed by atoms with Gasteiger partial charge in [-0.3, -0.25) is 4.79 Å². The third kappa shape index (κ3) is 4.83. The zero-order chi connectivity index (χ0) is 21.5. The van der Waals surface area contributed by atoms with Crippen LogP contribution in [0.1, 0.15) is 27.0 Å². The number of ketones is 1. The zero-order valence-corrected chi connectivity index (χ0v) is 16.5. The van der Waals surface area contributed by atoms with Crippen LogP contribution in [0.15, 0.2) is 60.8 Å². The molecule has 0 aliphatic carbocycles. The molecule has 154 valence electrons. The van der Waals surface area contributed by atoms with Gasteiger partial charge in [-0.25, -0.2) is 4.98 Å². The number of rotatable bonds is 8. The molecule has 30 heavy (non-hydrogen) atoms. The molecular formula is C23H23N3O4. The number of nitrogen functional groups attached to an aromatic ring is 1. The van der Waals surface area contributed by atoms with Gasteiger partial charge in [-0.05, 0) is 60.2 Å². The number of aromatic nitrogens is 1. The number of pyridine rings is 1. The Balaban J connectivity index is 1.87. The van der Waals surface area contributed by atoms with Gasteiger partial charge in [0.2, 0.25) is 0 Å². The lowest BCUT2D eigenvalue weighted by atomic mass is 10.1. The number of nitrogens with zero attached hydrogens (tertiary/aromatic N) is 1. The van der Waals surface area contributed by atoms with Crippen molar-refractivity contribution in [2.24, 2.45) is 0 Å². The first-order valence-electron chi connectivity index (χ1n) is 9.27. The van der Waals surface area contributed by atoms with Gasteiger partial charge in [0.1, 0.15) is 11.6 Å². The molecule has 7 nitrogen and oxygen atoms in total. The average Bonchev–Trinajstić information content (AvgIpc) is 2.78. The summed E-state index contributed by atoms with van der Waals surface area (Å²) in [5.74, 6) is 0.834. The van der Waals surface area contributed by atoms with Crippen LogP contribution in [0.3, 0.4) is 0 Å². The summed E-state index contributed by atoms with van der Waals surface area (Å²) in [6.45, 7) is -0.489. The van der Waals surface area contributed by atoms with E-state index in [4.69, 9.17) is 10.5 Å². The number of allylic oxidation sites excluding steroid dienone is 1. The first kappa shape index (κ1) is 21.0. The number of benzene rings is 2. The van der Waals surface area contributed by atoms with Crippen molar-refractivity contribution in [3.63, 3.8) is 0 Å². The predicted molar refractivity (Wildman–Crippen MR) is 117 cm³/mol. The van der Waals surface area contributed by atoms with Crippen LogP contribution in [0.4, 0.5) is 17.2 Å². The van der Waals surface area contributed by atoms with E-state index in [1.165, 1.54) is 13.2 Å². The van der Waals surface area contributed by atoms with Crippen molar-refractivity contribution in [2.45, 2.75) is 13.2 Å². The van der Waals surface area contributed by atoms with Crippen LogP contribution in [0, 0.1) is 0 Å². The molecule has 2 aromatic carbocycles. The standard InChI is InChI=1S/C23H23N3O4/c1-30-22-12-19(11-17(13-27)20(22)14-28)26-23-16(3-2-10-25-23)6-9-21(29)15-4-7-18(24)8-5-15/h2-12,27-28H,13-14,24H2,1H3,(H,25,26). The Bertz CT molecular complexity index is 1040. The maximum absolute atomic E-state index is 12.4. The Morgan fingerprint density at radius 2 is 1.93 bits per heavy atom. The Morgan fingerprint density at radius 3 is 2.60 bits per heavy atom. The number of nitrogens with one attached hydrogen (secondary N) is 1. The molecule has 0 aliphatic heterocycles. The molecule has 0 amide bonds. The number of anilines is 3. The minimum atomic E-state index is -0.246. The van der Waals surface area contributed by atoms with E-state index in [1.54, 1.807) is 54.7 Å². The van der Waals surface area contributed by atoms with E-state index in [1.807, 2.05) is 6.07 Å². The Kier molecular flexibility index (Phi) is 6.79. The van der Waals surface area contributed by atoms with Gasteiger partial charge in [-0.1, -0.05) is 0 Å². The fourth-order valence-electron chi connectivity index (χ4n) is 2.98. The molecule has 0 spiro atoms. The van der Waals surface area contributed by atoms with Crippen molar-refractivity contribution in [2.75, 3.05) is 18.2 Å². The van der Waals surface area contributed by atoms with Gasteiger partial charge in [-0.2, -0.15) is 0 Å². The van der Waals surface area contributed by atoms with E-state index in [0.29, 0.717) is 45.2 Å². The minimum absolute atomic E-state index is 0.152. The van der Waals surface area contributed by atoms with E-state index >= 15 is 0 Å². The van der Waals surface area contributed by atoms with E-state index < -0.39 is 0 Å². The van der Waals surface area contributed by atoms with E-state index in [0.717, 1.165) is 0 Å². The van der Waals surface area contributed by atoms with Crippen LogP contribution < -0.4 is 15.8 Å². The summed E-state index contributed by atoms with van der Waals surface area (Å²) in [4.78, 5) is 16.7. The Hall–Kier alpha value is -3.68. The maximum Gasteiger partial charge on any atom is 0.185 e. The van der Waals surface area contributed by atoms with Gasteiger partial charge in [0, 0.05) is 40.3 Å². The highest BCUT2D eigenvalue weighted by atomic mass is 16.5. The van der Waals surface area contributed by atoms with Crippen LogP contribution in [0.2, 0.25) is 0 Å². The number of aliphatic hydroxyl groups excluding tert-OH is 2. The van der Waals surface area contributed by atoms with Crippen molar-refractivity contribution in [3.8, 4) is 5.75 Å². The average molecular weight is 405 g/mol. The maximum atomic E-state index is 12.4. The molecule has 3 aromatic rings. The highest BCUT2D eigenvalue weighted by Crippen LogP contribution is 2.30. The fraction of sp³-hybridized carbons (Fsp3) is 0.130. The summed E-state index contributed by atoms with van der Waals surface area (Å²) in [7, 11) is 1.50. The number of hydrogen-bond acceptors (Lipinski definition) is 7. The molecule has 0 aliphatic rings. The molecule has 5 N–H and O–H groups in total. The van der Waals surface area contributed by atoms with Gasteiger partial charge in [0.05, 0.1) is 20.3 Å². The highest BCUT2D eigenvalue weighted by molar-refractivity contribution is 6.07. The SMILES string of the molecule is COc1cc(Nc2ncccc2C=CC(=O)c2ccc(N)cc2)cc(CO)c1CO. The summed E-state index contributed by atoms with van der Waals surface area (Å²) in [5, 5.41) is 22.3. The summed E-state index contributed by atoms with van der Waals surface area (Å²) in [5.41, 5.74) is 9.21. The summed E-state index contributed by atoms with van der Waals surface area (Å²) in [6.07, 6.45) is 4.79. The fourth-order valence-corrected chi connectivity index (χ4v) is 2.98. The number of methoxy groups -OCH3 is 1. The quantitative estimate of drug-likeness (QED) is 0.258. The molecule has 7 heteroatoms. The van der Waals surface area contributed by atoms with Crippen molar-refractivity contribution in [1.29, 1.82) is 0 Å². The largest absolute Gasteiger partial charge is 0.496 e. The summed E-state index contributed by atoms with van der Waals surface area (Å²) < 4.78 is 5.32. The van der Waals surface area contributed by atoms with Crippen molar-refractivity contribution in [1.82, 2.24) is 4.98 Å². The summed E-state index contributed by atoms with van der Waals surface area (Å²) >= 11 is 0. The minimum Gasteiger partial charge on any atom is -0.496 e. The molecule has 0 fully saturated rings. The smallest absolute Gasteiger partial charge is 0.185 e. The lowest BCUT2D eigenvalue weighted by Crippen LogP contribution is -2.03. The molecular weight excluding hydrogens is 382 g/mol. The molecule has 3 rings (SSSR count). The normalized spacial score (nSPS) is 10.9. The lowest BCUT2D eigenvalue weighted by Gasteiger charge is -2.15. The van der Waals surface area contributed by atoms with Crippen LogP contribution in [0.5, 0.6) is 5.75 Å². The number of hydrogen-bond donors (Lipinski definition) is 4. The summed E-state index contributed by atoms with van der Waals surface area (Å²) in [6, 6.07) is 13.7. The van der Waals surface area contributed by atoms with Crippen molar-refractivity contribution < 1.29 is 19.7 Å². The van der Waals surface area contributed by atoms with Crippen LogP contribution in [-0.2, 0) is 13.2 Å². The number of carbonyl (C=O) groups excluding carboxylic acids is 1. The molecule has 0 unspecified atom stereocenters. The molecule has 1 heterocycles. The third-order valence-corrected chi connectivity index (χ3v) is 4.56. The van der Waals surface area contributed by atoms with Gasteiger partial charge in [-0.15, -0.1) is 0 Å². The van der Waals surface area contributed by atoms with Crippen LogP contribution in [-0.4, -0.2) is 28.1 Å². The van der Waals surface area contributed by atoms with E-state index in [2.05, 4.69) is 10.3 Å². The second-order valence-corrected chi connectivity index (χ2v) is 6.52. The Labute approximate surface area is 174 Å². The van der Waals surface area contributed by atoms with Gasteiger partial charge in [0.25, 0.3) is 0 Å². The van der Waals surface area contributed by atoms with E-state index in [-0.39, 0.29) is 19.0 Å². The second kappa shape index (κ2) is 9.69. The van der Waals surface area contributed by atoms with Crippen LogP contribution in [0.25, 0.3) is 6.08 Å². The first-order valence-corrected chi connectivity index (χ1v) is 9.27.